The standard InChI is InChI=1S/C9H11ClO3S/c1-9(13,14-2)7-6(11)4-3-5(10)8(7)12/h3-4,11-13H,1-2H3. The molecule has 0 aliphatic carbocycles. The van der Waals surface area contributed by atoms with Crippen LogP contribution in [-0.2, 0) is 4.93 Å². The lowest BCUT2D eigenvalue weighted by atomic mass is 10.1. The molecule has 3 N–H and O–H groups in total. The van der Waals surface area contributed by atoms with E-state index in [2.05, 4.69) is 0 Å². The minimum absolute atomic E-state index is 0.0394. The van der Waals surface area contributed by atoms with Crippen LogP contribution < -0.4 is 0 Å². The molecule has 0 saturated heterocycles. The first-order valence-corrected chi connectivity index (χ1v) is 5.49. The number of halogens is 1. The molecule has 78 valence electrons. The number of aromatic hydroxyl groups is 2. The molecule has 0 bridgehead atoms. The molecule has 1 aromatic carbocycles. The number of rotatable bonds is 2. The van der Waals surface area contributed by atoms with E-state index in [9.17, 15) is 15.3 Å². The van der Waals surface area contributed by atoms with Crippen LogP contribution in [0.1, 0.15) is 12.5 Å². The van der Waals surface area contributed by atoms with Gasteiger partial charge in [-0.1, -0.05) is 11.6 Å². The number of hydrogen-bond acceptors (Lipinski definition) is 4. The van der Waals surface area contributed by atoms with E-state index >= 15 is 0 Å². The number of thioether (sulfide) groups is 1. The van der Waals surface area contributed by atoms with E-state index in [4.69, 9.17) is 11.6 Å². The number of benzene rings is 1. The van der Waals surface area contributed by atoms with Crippen LogP contribution in [0.25, 0.3) is 0 Å². The molecule has 5 heteroatoms. The fourth-order valence-electron chi connectivity index (χ4n) is 1.11. The molecule has 1 unspecified atom stereocenters. The second-order valence-corrected chi connectivity index (χ2v) is 4.59. The van der Waals surface area contributed by atoms with Gasteiger partial charge >= 0.3 is 0 Å². The van der Waals surface area contributed by atoms with Crippen LogP contribution in [0, 0.1) is 0 Å². The van der Waals surface area contributed by atoms with Crippen molar-refractivity contribution in [1.29, 1.82) is 0 Å². The Morgan fingerprint density at radius 1 is 1.36 bits per heavy atom. The van der Waals surface area contributed by atoms with Crippen molar-refractivity contribution >= 4 is 23.4 Å². The fourth-order valence-corrected chi connectivity index (χ4v) is 1.68. The molecule has 0 fully saturated rings. The van der Waals surface area contributed by atoms with E-state index in [0.717, 1.165) is 11.8 Å². The first kappa shape index (κ1) is 11.5. The SMILES string of the molecule is CSC(C)(O)c1c(O)ccc(Cl)c1O. The summed E-state index contributed by atoms with van der Waals surface area (Å²) in [5.41, 5.74) is 0.0394. The number of phenolic OH excluding ortho intramolecular Hbond substituents is 2. The highest BCUT2D eigenvalue weighted by Gasteiger charge is 2.29. The van der Waals surface area contributed by atoms with Crippen molar-refractivity contribution in [2.24, 2.45) is 0 Å². The van der Waals surface area contributed by atoms with E-state index in [-0.39, 0.29) is 22.1 Å². The summed E-state index contributed by atoms with van der Waals surface area (Å²) in [6, 6.07) is 2.70. The summed E-state index contributed by atoms with van der Waals surface area (Å²) < 4.78 is 0. The summed E-state index contributed by atoms with van der Waals surface area (Å²) >= 11 is 6.76. The van der Waals surface area contributed by atoms with Crippen molar-refractivity contribution in [3.8, 4) is 11.5 Å². The van der Waals surface area contributed by atoms with Gasteiger partial charge in [0, 0.05) is 0 Å². The first-order chi connectivity index (χ1) is 6.40. The summed E-state index contributed by atoms with van der Waals surface area (Å²) in [7, 11) is 0. The Labute approximate surface area is 91.3 Å². The number of phenols is 2. The van der Waals surface area contributed by atoms with Crippen LogP contribution in [0.4, 0.5) is 0 Å². The third-order valence-electron chi connectivity index (χ3n) is 1.97. The van der Waals surface area contributed by atoms with Crippen molar-refractivity contribution in [3.63, 3.8) is 0 Å². The van der Waals surface area contributed by atoms with Gasteiger partial charge in [-0.2, -0.15) is 0 Å². The Morgan fingerprint density at radius 2 is 1.93 bits per heavy atom. The maximum absolute atomic E-state index is 9.86. The van der Waals surface area contributed by atoms with Gasteiger partial charge in [-0.15, -0.1) is 11.8 Å². The summed E-state index contributed by atoms with van der Waals surface area (Å²) in [5, 5.41) is 29.0. The molecule has 1 atom stereocenters. The summed E-state index contributed by atoms with van der Waals surface area (Å²) in [5.74, 6) is -0.461. The smallest absolute Gasteiger partial charge is 0.144 e. The summed E-state index contributed by atoms with van der Waals surface area (Å²) in [4.78, 5) is -1.36. The molecule has 1 aromatic rings. The second kappa shape index (κ2) is 3.88. The van der Waals surface area contributed by atoms with E-state index in [1.165, 1.54) is 19.1 Å². The zero-order valence-electron chi connectivity index (χ0n) is 7.78. The maximum atomic E-state index is 9.86. The molecule has 0 saturated carbocycles. The lowest BCUT2D eigenvalue weighted by molar-refractivity contribution is 0.152. The minimum Gasteiger partial charge on any atom is -0.507 e. The van der Waals surface area contributed by atoms with E-state index in [0.29, 0.717) is 0 Å². The van der Waals surface area contributed by atoms with Crippen molar-refractivity contribution in [2.75, 3.05) is 6.26 Å². The van der Waals surface area contributed by atoms with Crippen LogP contribution >= 0.6 is 23.4 Å². The third kappa shape index (κ3) is 1.92. The Hall–Kier alpha value is -0.580. The van der Waals surface area contributed by atoms with Gasteiger partial charge < -0.3 is 15.3 Å². The van der Waals surface area contributed by atoms with Gasteiger partial charge in [0.2, 0.25) is 0 Å². The Bertz CT molecular complexity index is 352. The lowest BCUT2D eigenvalue weighted by Gasteiger charge is -2.23. The van der Waals surface area contributed by atoms with Gasteiger partial charge in [0.1, 0.15) is 16.4 Å². The van der Waals surface area contributed by atoms with Gasteiger partial charge in [0.15, 0.2) is 0 Å². The molecule has 0 amide bonds. The molecule has 0 aromatic heterocycles. The summed E-state index contributed by atoms with van der Waals surface area (Å²) in [6.07, 6.45) is 1.67. The average Bonchev–Trinajstić information content (AvgIpc) is 2.12. The Kier molecular flexibility index (Phi) is 3.19. The predicted octanol–water partition coefficient (Wildman–Crippen LogP) is 2.28. The van der Waals surface area contributed by atoms with Crippen LogP contribution in [0.2, 0.25) is 5.02 Å². The molecular formula is C9H11ClO3S. The highest BCUT2D eigenvalue weighted by Crippen LogP contribution is 2.44. The first-order valence-electron chi connectivity index (χ1n) is 3.88. The highest BCUT2D eigenvalue weighted by atomic mass is 35.5. The number of aliphatic hydroxyl groups is 1. The van der Waals surface area contributed by atoms with Crippen LogP contribution in [-0.4, -0.2) is 21.6 Å². The third-order valence-corrected chi connectivity index (χ3v) is 3.27. The monoisotopic (exact) mass is 234 g/mol. The normalized spacial score (nSPS) is 15.1. The van der Waals surface area contributed by atoms with Gasteiger partial charge in [-0.05, 0) is 25.3 Å². The van der Waals surface area contributed by atoms with Gasteiger partial charge in [0.05, 0.1) is 10.6 Å². The highest BCUT2D eigenvalue weighted by molar-refractivity contribution is 7.99. The molecule has 0 aliphatic rings. The molecule has 14 heavy (non-hydrogen) atoms. The quantitative estimate of drug-likeness (QED) is 0.687. The molecule has 0 heterocycles. The average molecular weight is 235 g/mol. The van der Waals surface area contributed by atoms with Crippen LogP contribution in [0.3, 0.4) is 0 Å². The van der Waals surface area contributed by atoms with Gasteiger partial charge in [0.25, 0.3) is 0 Å². The van der Waals surface area contributed by atoms with E-state index < -0.39 is 4.93 Å². The van der Waals surface area contributed by atoms with Crippen molar-refractivity contribution < 1.29 is 15.3 Å². The molecule has 3 nitrogen and oxygen atoms in total. The maximum Gasteiger partial charge on any atom is 0.144 e. The molecule has 1 rings (SSSR count). The van der Waals surface area contributed by atoms with Crippen molar-refractivity contribution in [1.82, 2.24) is 0 Å². The van der Waals surface area contributed by atoms with Gasteiger partial charge in [-0.3, -0.25) is 0 Å². The van der Waals surface area contributed by atoms with Crippen molar-refractivity contribution in [3.05, 3.63) is 22.7 Å². The molecular weight excluding hydrogens is 224 g/mol. The topological polar surface area (TPSA) is 60.7 Å². The van der Waals surface area contributed by atoms with E-state index in [1.807, 2.05) is 0 Å². The fraction of sp³-hybridized carbons (Fsp3) is 0.333. The molecule has 0 spiro atoms. The number of hydrogen-bond donors (Lipinski definition) is 3. The predicted molar refractivity (Wildman–Crippen MR) is 57.9 cm³/mol. The minimum atomic E-state index is -1.36. The van der Waals surface area contributed by atoms with Gasteiger partial charge in [-0.25, -0.2) is 0 Å². The molecule has 0 radical (unpaired) electrons. The Morgan fingerprint density at radius 3 is 2.43 bits per heavy atom. The van der Waals surface area contributed by atoms with Crippen molar-refractivity contribution in [2.45, 2.75) is 11.9 Å². The second-order valence-electron chi connectivity index (χ2n) is 2.98. The van der Waals surface area contributed by atoms with Crippen LogP contribution in [0.5, 0.6) is 11.5 Å². The largest absolute Gasteiger partial charge is 0.507 e. The lowest BCUT2D eigenvalue weighted by Crippen LogP contribution is -2.16. The molecule has 0 aliphatic heterocycles. The Balaban J connectivity index is 3.40. The zero-order chi connectivity index (χ0) is 10.9. The van der Waals surface area contributed by atoms with E-state index in [1.54, 1.807) is 6.26 Å². The van der Waals surface area contributed by atoms with Crippen LogP contribution in [0.15, 0.2) is 12.1 Å². The summed E-state index contributed by atoms with van der Waals surface area (Å²) in [6.45, 7) is 1.47. The zero-order valence-corrected chi connectivity index (χ0v) is 9.35.